The maximum atomic E-state index is 14.0. The Labute approximate surface area is 254 Å². The Hall–Kier alpha value is -3.91. The Morgan fingerprint density at radius 1 is 0.907 bits per heavy atom. The molecule has 7 nitrogen and oxygen atoms in total. The smallest absolute Gasteiger partial charge is 0.257 e. The lowest BCUT2D eigenvalue weighted by Crippen LogP contribution is -2.46. The average molecular weight is 591 g/mol. The number of nitrogens with zero attached hydrogens (tertiary/aromatic N) is 2. The molecule has 1 atom stereocenters. The van der Waals surface area contributed by atoms with Crippen molar-refractivity contribution in [1.82, 2.24) is 9.80 Å². The van der Waals surface area contributed by atoms with Gasteiger partial charge in [0.05, 0.1) is 24.8 Å². The van der Waals surface area contributed by atoms with Gasteiger partial charge in [0.15, 0.2) is 11.6 Å². The number of hydrogen-bond acceptors (Lipinski definition) is 5. The predicted octanol–water partition coefficient (Wildman–Crippen LogP) is 6.17. The van der Waals surface area contributed by atoms with Crippen LogP contribution in [0.15, 0.2) is 78.9 Å². The lowest BCUT2D eigenvalue weighted by atomic mass is 10.0. The quantitative estimate of drug-likeness (QED) is 0.265. The first kappa shape index (κ1) is 32.0. The van der Waals surface area contributed by atoms with Gasteiger partial charge in [0, 0.05) is 33.2 Å². The van der Waals surface area contributed by atoms with Crippen LogP contribution in [-0.2, 0) is 16.0 Å². The number of carbonyl (C=O) groups excluding carboxylic acids is 2. The molecule has 0 fully saturated rings. The molecule has 0 aliphatic carbocycles. The SMILES string of the molecule is COCCN1CCCCCCN(C(=O)CCCOc2ccccc2F)[C@@H](Cc2ccccc2)COc2ccccc2C1=O. The minimum absolute atomic E-state index is 0.0175. The van der Waals surface area contributed by atoms with Crippen molar-refractivity contribution >= 4 is 11.8 Å². The molecule has 0 N–H and O–H groups in total. The first-order valence-corrected chi connectivity index (χ1v) is 15.3. The molecule has 43 heavy (non-hydrogen) atoms. The van der Waals surface area contributed by atoms with E-state index in [9.17, 15) is 14.0 Å². The van der Waals surface area contributed by atoms with E-state index in [1.165, 1.54) is 6.07 Å². The van der Waals surface area contributed by atoms with E-state index in [1.807, 2.05) is 46.2 Å². The first-order chi connectivity index (χ1) is 21.1. The molecular weight excluding hydrogens is 547 g/mol. The lowest BCUT2D eigenvalue weighted by molar-refractivity contribution is -0.134. The van der Waals surface area contributed by atoms with Gasteiger partial charge in [-0.3, -0.25) is 9.59 Å². The molecule has 0 unspecified atom stereocenters. The third-order valence-corrected chi connectivity index (χ3v) is 7.68. The molecule has 3 aromatic carbocycles. The minimum Gasteiger partial charge on any atom is -0.491 e. The number of hydrogen-bond donors (Lipinski definition) is 0. The second-order valence-corrected chi connectivity index (χ2v) is 10.8. The van der Waals surface area contributed by atoms with Crippen molar-refractivity contribution in [3.63, 3.8) is 0 Å². The Bertz CT molecular complexity index is 1290. The van der Waals surface area contributed by atoms with Crippen molar-refractivity contribution in [1.29, 1.82) is 0 Å². The molecule has 3 aromatic rings. The van der Waals surface area contributed by atoms with Crippen LogP contribution in [0, 0.1) is 5.82 Å². The zero-order valence-corrected chi connectivity index (χ0v) is 25.1. The lowest BCUT2D eigenvalue weighted by Gasteiger charge is -2.33. The molecule has 8 heteroatoms. The van der Waals surface area contributed by atoms with Crippen molar-refractivity contribution in [3.8, 4) is 11.5 Å². The molecule has 0 radical (unpaired) electrons. The van der Waals surface area contributed by atoms with E-state index < -0.39 is 5.82 Å². The van der Waals surface area contributed by atoms with Gasteiger partial charge in [0.25, 0.3) is 5.91 Å². The summed E-state index contributed by atoms with van der Waals surface area (Å²) in [6.45, 7) is 2.73. The third-order valence-electron chi connectivity index (χ3n) is 7.68. The number of para-hydroxylation sites is 2. The number of halogens is 1. The van der Waals surface area contributed by atoms with E-state index >= 15 is 0 Å². The Kier molecular flexibility index (Phi) is 12.9. The first-order valence-electron chi connectivity index (χ1n) is 15.3. The van der Waals surface area contributed by atoms with E-state index in [0.717, 1.165) is 31.2 Å². The van der Waals surface area contributed by atoms with E-state index in [0.29, 0.717) is 50.4 Å². The maximum absolute atomic E-state index is 14.0. The molecule has 1 aliphatic rings. The fourth-order valence-corrected chi connectivity index (χ4v) is 5.35. The topological polar surface area (TPSA) is 68.3 Å². The monoisotopic (exact) mass is 590 g/mol. The summed E-state index contributed by atoms with van der Waals surface area (Å²) in [5.41, 5.74) is 1.62. The molecule has 0 spiro atoms. The van der Waals surface area contributed by atoms with Gasteiger partial charge >= 0.3 is 0 Å². The predicted molar refractivity (Wildman–Crippen MR) is 165 cm³/mol. The number of fused-ring (bicyclic) bond motifs is 1. The van der Waals surface area contributed by atoms with Crippen LogP contribution < -0.4 is 9.47 Å². The second-order valence-electron chi connectivity index (χ2n) is 10.8. The van der Waals surface area contributed by atoms with Crippen LogP contribution in [0.4, 0.5) is 4.39 Å². The minimum atomic E-state index is -0.413. The van der Waals surface area contributed by atoms with Crippen LogP contribution in [0.25, 0.3) is 0 Å². The summed E-state index contributed by atoms with van der Waals surface area (Å²) in [4.78, 5) is 31.1. The summed E-state index contributed by atoms with van der Waals surface area (Å²) in [5.74, 6) is 0.230. The molecule has 0 aromatic heterocycles. The highest BCUT2D eigenvalue weighted by Gasteiger charge is 2.26. The van der Waals surface area contributed by atoms with Crippen molar-refractivity contribution in [2.45, 2.75) is 51.0 Å². The van der Waals surface area contributed by atoms with Crippen LogP contribution in [-0.4, -0.2) is 74.2 Å². The van der Waals surface area contributed by atoms with Crippen LogP contribution in [0.5, 0.6) is 11.5 Å². The Balaban J connectivity index is 1.53. The molecule has 1 aliphatic heterocycles. The number of ether oxygens (including phenoxy) is 3. The number of rotatable bonds is 10. The summed E-state index contributed by atoms with van der Waals surface area (Å²) >= 11 is 0. The van der Waals surface area contributed by atoms with Gasteiger partial charge in [0.1, 0.15) is 12.4 Å². The van der Waals surface area contributed by atoms with Gasteiger partial charge in [-0.1, -0.05) is 67.4 Å². The normalized spacial score (nSPS) is 16.6. The van der Waals surface area contributed by atoms with Gasteiger partial charge in [-0.2, -0.15) is 0 Å². The number of methoxy groups -OCH3 is 1. The van der Waals surface area contributed by atoms with Crippen LogP contribution in [0.3, 0.4) is 0 Å². The standard InChI is InChI=1S/C35H43FN2O5/c1-41-25-23-37-21-11-2-3-12-22-38(34(39)20-13-24-42-33-19-10-8-17-31(33)36)29(26-28-14-5-4-6-15-28)27-43-32-18-9-7-16-30(32)35(37)40/h4-10,14-19,29H,2-3,11-13,20-27H2,1H3/t29-/m0/s1. The van der Waals surface area contributed by atoms with Gasteiger partial charge in [0.2, 0.25) is 5.91 Å². The highest BCUT2D eigenvalue weighted by Crippen LogP contribution is 2.23. The van der Waals surface area contributed by atoms with E-state index in [-0.39, 0.29) is 43.2 Å². The van der Waals surface area contributed by atoms with E-state index in [2.05, 4.69) is 12.1 Å². The zero-order chi connectivity index (χ0) is 30.3. The second kappa shape index (κ2) is 17.3. The molecule has 230 valence electrons. The van der Waals surface area contributed by atoms with E-state index in [1.54, 1.807) is 31.4 Å². The summed E-state index contributed by atoms with van der Waals surface area (Å²) < 4.78 is 31.2. The number of carbonyl (C=O) groups is 2. The average Bonchev–Trinajstić information content (AvgIpc) is 3.03. The van der Waals surface area contributed by atoms with Crippen molar-refractivity contribution < 1.29 is 28.2 Å². The van der Waals surface area contributed by atoms with Crippen molar-refractivity contribution in [2.24, 2.45) is 0 Å². The van der Waals surface area contributed by atoms with Crippen molar-refractivity contribution in [3.05, 3.63) is 95.8 Å². The van der Waals surface area contributed by atoms with Gasteiger partial charge in [-0.15, -0.1) is 0 Å². The van der Waals surface area contributed by atoms with Gasteiger partial charge < -0.3 is 24.0 Å². The summed E-state index contributed by atoms with van der Waals surface area (Å²) in [6, 6.07) is 23.5. The molecule has 0 saturated carbocycles. The van der Waals surface area contributed by atoms with Crippen LogP contribution >= 0.6 is 0 Å². The molecule has 1 heterocycles. The molecule has 0 saturated heterocycles. The highest BCUT2D eigenvalue weighted by molar-refractivity contribution is 5.97. The number of amides is 2. The summed E-state index contributed by atoms with van der Waals surface area (Å²) in [7, 11) is 1.64. The largest absolute Gasteiger partial charge is 0.491 e. The van der Waals surface area contributed by atoms with Crippen LogP contribution in [0.1, 0.15) is 54.4 Å². The Morgan fingerprint density at radius 2 is 1.63 bits per heavy atom. The highest BCUT2D eigenvalue weighted by atomic mass is 19.1. The van der Waals surface area contributed by atoms with Crippen LogP contribution in [0.2, 0.25) is 0 Å². The summed E-state index contributed by atoms with van der Waals surface area (Å²) in [5, 5.41) is 0. The van der Waals surface area contributed by atoms with Gasteiger partial charge in [-0.05, 0) is 55.5 Å². The molecular formula is C35H43FN2O5. The fourth-order valence-electron chi connectivity index (χ4n) is 5.35. The van der Waals surface area contributed by atoms with E-state index in [4.69, 9.17) is 14.2 Å². The molecule has 0 bridgehead atoms. The number of benzene rings is 3. The fraction of sp³-hybridized carbons (Fsp3) is 0.429. The molecule has 4 rings (SSSR count). The zero-order valence-electron chi connectivity index (χ0n) is 25.1. The molecule has 2 amide bonds. The third kappa shape index (κ3) is 9.82. The van der Waals surface area contributed by atoms with Crippen molar-refractivity contribution in [2.75, 3.05) is 46.6 Å². The summed E-state index contributed by atoms with van der Waals surface area (Å²) in [6.07, 6.45) is 4.99. The van der Waals surface area contributed by atoms with Gasteiger partial charge in [-0.25, -0.2) is 4.39 Å². The maximum Gasteiger partial charge on any atom is 0.257 e. The Morgan fingerprint density at radius 3 is 2.42 bits per heavy atom.